The van der Waals surface area contributed by atoms with Gasteiger partial charge in [0.1, 0.15) is 5.69 Å². The highest BCUT2D eigenvalue weighted by Gasteiger charge is 2.18. The molecule has 0 aliphatic carbocycles. The number of para-hydroxylation sites is 1. The monoisotopic (exact) mass is 406 g/mol. The molecule has 0 fully saturated rings. The maximum Gasteiger partial charge on any atom is 0.225 e. The molecular weight excluding hydrogens is 388 g/mol. The number of rotatable bonds is 7. The van der Waals surface area contributed by atoms with Gasteiger partial charge in [-0.2, -0.15) is 0 Å². The van der Waals surface area contributed by atoms with E-state index in [4.69, 9.17) is 8.83 Å². The minimum absolute atomic E-state index is 0.0572. The van der Waals surface area contributed by atoms with Gasteiger partial charge in [0.05, 0.1) is 12.5 Å². The molecule has 0 saturated heterocycles. The summed E-state index contributed by atoms with van der Waals surface area (Å²) >= 11 is 1.36. The van der Waals surface area contributed by atoms with Crippen LogP contribution in [0.4, 0.5) is 5.69 Å². The minimum atomic E-state index is -0.0572. The van der Waals surface area contributed by atoms with Crippen LogP contribution < -0.4 is 5.32 Å². The molecule has 29 heavy (non-hydrogen) atoms. The van der Waals surface area contributed by atoms with Crippen molar-refractivity contribution in [3.63, 3.8) is 0 Å². The van der Waals surface area contributed by atoms with Crippen LogP contribution in [0.3, 0.4) is 0 Å². The van der Waals surface area contributed by atoms with Crippen molar-refractivity contribution in [2.75, 3.05) is 11.1 Å². The van der Waals surface area contributed by atoms with Gasteiger partial charge in [0, 0.05) is 17.9 Å². The highest BCUT2D eigenvalue weighted by Crippen LogP contribution is 2.30. The Bertz CT molecular complexity index is 1100. The van der Waals surface area contributed by atoms with Gasteiger partial charge in [0.2, 0.25) is 11.1 Å². The van der Waals surface area contributed by atoms with Crippen molar-refractivity contribution in [1.82, 2.24) is 15.2 Å². The van der Waals surface area contributed by atoms with E-state index in [9.17, 15) is 4.79 Å². The minimum Gasteiger partial charge on any atom is -0.463 e. The zero-order valence-electron chi connectivity index (χ0n) is 15.7. The first-order valence-corrected chi connectivity index (χ1v) is 10.00. The van der Waals surface area contributed by atoms with E-state index in [-0.39, 0.29) is 5.91 Å². The topological polar surface area (TPSA) is 94.1 Å². The van der Waals surface area contributed by atoms with Gasteiger partial charge in [-0.1, -0.05) is 30.0 Å². The fourth-order valence-corrected chi connectivity index (χ4v) is 3.42. The lowest BCUT2D eigenvalue weighted by Gasteiger charge is -2.08. The number of thioether (sulfide) groups is 1. The molecule has 7 nitrogen and oxygen atoms in total. The normalized spacial score (nSPS) is 10.8. The Morgan fingerprint density at radius 2 is 1.69 bits per heavy atom. The van der Waals surface area contributed by atoms with Gasteiger partial charge in [0.15, 0.2) is 17.2 Å². The SMILES string of the molecule is Cc1ccccc1NC(=O)CCSc1nnc(-c2ccco2)c(-c2ccco2)n1. The van der Waals surface area contributed by atoms with Crippen LogP contribution in [0.1, 0.15) is 12.0 Å². The standard InChI is InChI=1S/C21H18N4O3S/c1-14-6-2-3-7-15(14)22-18(26)10-13-29-21-23-19(16-8-4-11-27-16)20(24-25-21)17-9-5-12-28-17/h2-9,11-12H,10,13H2,1H3,(H,22,26). The average molecular weight is 406 g/mol. The number of anilines is 1. The number of benzene rings is 1. The Labute approximate surface area is 171 Å². The number of carbonyl (C=O) groups is 1. The first kappa shape index (κ1) is 18.9. The molecule has 146 valence electrons. The summed E-state index contributed by atoms with van der Waals surface area (Å²) in [5.74, 6) is 1.60. The Morgan fingerprint density at radius 3 is 2.38 bits per heavy atom. The van der Waals surface area contributed by atoms with Crippen LogP contribution in [0.5, 0.6) is 0 Å². The Hall–Kier alpha value is -3.39. The van der Waals surface area contributed by atoms with Crippen molar-refractivity contribution >= 4 is 23.4 Å². The van der Waals surface area contributed by atoms with Crippen molar-refractivity contribution in [3.8, 4) is 22.9 Å². The lowest BCUT2D eigenvalue weighted by atomic mass is 10.2. The van der Waals surface area contributed by atoms with Crippen molar-refractivity contribution < 1.29 is 13.6 Å². The van der Waals surface area contributed by atoms with E-state index < -0.39 is 0 Å². The fourth-order valence-electron chi connectivity index (χ4n) is 2.70. The summed E-state index contributed by atoms with van der Waals surface area (Å²) in [5.41, 5.74) is 2.90. The number of aromatic nitrogens is 3. The molecule has 0 spiro atoms. The van der Waals surface area contributed by atoms with E-state index in [1.165, 1.54) is 11.8 Å². The summed E-state index contributed by atoms with van der Waals surface area (Å²) in [6.45, 7) is 1.96. The molecule has 4 aromatic rings. The molecular formula is C21H18N4O3S. The second-order valence-corrected chi connectivity index (χ2v) is 7.27. The van der Waals surface area contributed by atoms with Gasteiger partial charge in [0.25, 0.3) is 0 Å². The molecule has 0 unspecified atom stereocenters. The predicted octanol–water partition coefficient (Wildman–Crippen LogP) is 4.82. The molecule has 1 aromatic carbocycles. The molecule has 0 aliphatic rings. The molecule has 4 rings (SSSR count). The number of furan rings is 2. The zero-order chi connectivity index (χ0) is 20.1. The van der Waals surface area contributed by atoms with E-state index in [0.29, 0.717) is 40.2 Å². The van der Waals surface area contributed by atoms with Crippen LogP contribution >= 0.6 is 11.8 Å². The van der Waals surface area contributed by atoms with Gasteiger partial charge in [-0.25, -0.2) is 4.98 Å². The van der Waals surface area contributed by atoms with E-state index in [0.717, 1.165) is 11.3 Å². The summed E-state index contributed by atoms with van der Waals surface area (Å²) in [5, 5.41) is 11.8. The second-order valence-electron chi connectivity index (χ2n) is 6.21. The molecule has 0 radical (unpaired) electrons. The molecule has 3 aromatic heterocycles. The number of nitrogens with zero attached hydrogens (tertiary/aromatic N) is 3. The number of hydrogen-bond donors (Lipinski definition) is 1. The molecule has 8 heteroatoms. The molecule has 0 saturated carbocycles. The quantitative estimate of drug-likeness (QED) is 0.440. The largest absolute Gasteiger partial charge is 0.463 e. The molecule has 0 bridgehead atoms. The molecule has 0 aliphatic heterocycles. The van der Waals surface area contributed by atoms with Crippen LogP contribution in [0.25, 0.3) is 22.9 Å². The first-order chi connectivity index (χ1) is 14.2. The number of nitrogens with one attached hydrogen (secondary N) is 1. The summed E-state index contributed by atoms with van der Waals surface area (Å²) in [6, 6.07) is 14.8. The first-order valence-electron chi connectivity index (χ1n) is 9.01. The van der Waals surface area contributed by atoms with Gasteiger partial charge in [-0.05, 0) is 42.8 Å². The van der Waals surface area contributed by atoms with E-state index in [1.807, 2.05) is 31.2 Å². The van der Waals surface area contributed by atoms with Crippen LogP contribution in [-0.2, 0) is 4.79 Å². The van der Waals surface area contributed by atoms with Gasteiger partial charge >= 0.3 is 0 Å². The van der Waals surface area contributed by atoms with E-state index in [1.54, 1.807) is 36.8 Å². The highest BCUT2D eigenvalue weighted by molar-refractivity contribution is 7.99. The summed E-state index contributed by atoms with van der Waals surface area (Å²) < 4.78 is 10.9. The van der Waals surface area contributed by atoms with Crippen molar-refractivity contribution in [2.24, 2.45) is 0 Å². The Balaban J connectivity index is 1.43. The lowest BCUT2D eigenvalue weighted by molar-refractivity contribution is -0.115. The molecule has 1 amide bonds. The third kappa shape index (κ3) is 4.55. The summed E-state index contributed by atoms with van der Waals surface area (Å²) in [4.78, 5) is 16.8. The number of carbonyl (C=O) groups excluding carboxylic acids is 1. The van der Waals surface area contributed by atoms with Crippen LogP contribution in [-0.4, -0.2) is 26.8 Å². The third-order valence-electron chi connectivity index (χ3n) is 4.16. The molecule has 1 N–H and O–H groups in total. The predicted molar refractivity (Wildman–Crippen MR) is 110 cm³/mol. The van der Waals surface area contributed by atoms with E-state index >= 15 is 0 Å². The number of amides is 1. The van der Waals surface area contributed by atoms with Gasteiger partial charge in [-0.3, -0.25) is 4.79 Å². The summed E-state index contributed by atoms with van der Waals surface area (Å²) in [7, 11) is 0. The third-order valence-corrected chi connectivity index (χ3v) is 5.00. The lowest BCUT2D eigenvalue weighted by Crippen LogP contribution is -2.13. The van der Waals surface area contributed by atoms with Crippen LogP contribution in [0.15, 0.2) is 75.0 Å². The van der Waals surface area contributed by atoms with Gasteiger partial charge in [-0.15, -0.1) is 10.2 Å². The molecule has 3 heterocycles. The summed E-state index contributed by atoms with van der Waals surface area (Å²) in [6.07, 6.45) is 3.48. The van der Waals surface area contributed by atoms with E-state index in [2.05, 4.69) is 20.5 Å². The Morgan fingerprint density at radius 1 is 0.966 bits per heavy atom. The Kier molecular flexibility index (Phi) is 5.71. The smallest absolute Gasteiger partial charge is 0.225 e. The zero-order valence-corrected chi connectivity index (χ0v) is 16.5. The number of aryl methyl sites for hydroxylation is 1. The second kappa shape index (κ2) is 8.74. The van der Waals surface area contributed by atoms with Crippen molar-refractivity contribution in [2.45, 2.75) is 18.5 Å². The van der Waals surface area contributed by atoms with Gasteiger partial charge < -0.3 is 14.2 Å². The average Bonchev–Trinajstić information content (AvgIpc) is 3.44. The van der Waals surface area contributed by atoms with Crippen LogP contribution in [0.2, 0.25) is 0 Å². The van der Waals surface area contributed by atoms with Crippen molar-refractivity contribution in [3.05, 3.63) is 66.6 Å². The highest BCUT2D eigenvalue weighted by atomic mass is 32.2. The maximum absolute atomic E-state index is 12.2. The maximum atomic E-state index is 12.2. The van der Waals surface area contributed by atoms with Crippen LogP contribution in [0, 0.1) is 6.92 Å². The van der Waals surface area contributed by atoms with Crippen molar-refractivity contribution in [1.29, 1.82) is 0 Å². The number of hydrogen-bond acceptors (Lipinski definition) is 7. The fraction of sp³-hybridized carbons (Fsp3) is 0.143. The molecule has 0 atom stereocenters.